The van der Waals surface area contributed by atoms with Crippen LogP contribution in [0, 0.1) is 0 Å². The van der Waals surface area contributed by atoms with Crippen LogP contribution in [0.2, 0.25) is 0 Å². The normalized spacial score (nSPS) is 20.9. The minimum absolute atomic E-state index is 0.135. The van der Waals surface area contributed by atoms with E-state index in [1.54, 1.807) is 0 Å². The summed E-state index contributed by atoms with van der Waals surface area (Å²) in [5, 5.41) is 0. The van der Waals surface area contributed by atoms with Crippen molar-refractivity contribution in [1.29, 1.82) is 0 Å². The Kier molecular flexibility index (Phi) is 5.75. The van der Waals surface area contributed by atoms with E-state index in [9.17, 15) is 31.1 Å². The first kappa shape index (κ1) is 22.3. The number of alkyl halides is 6. The molecule has 2 nitrogen and oxygen atoms in total. The number of ketones is 1. The highest BCUT2D eigenvalue weighted by atomic mass is 19.4. The number of benzene rings is 2. The van der Waals surface area contributed by atoms with Gasteiger partial charge in [0.1, 0.15) is 0 Å². The summed E-state index contributed by atoms with van der Waals surface area (Å²) in [6, 6.07) is 10.0. The molecule has 0 radical (unpaired) electrons. The van der Waals surface area contributed by atoms with E-state index < -0.39 is 29.3 Å². The van der Waals surface area contributed by atoms with E-state index in [0.29, 0.717) is 0 Å². The highest BCUT2D eigenvalue weighted by Crippen LogP contribution is 2.37. The summed E-state index contributed by atoms with van der Waals surface area (Å²) in [6.45, 7) is 0.321. The number of carbonyl (C=O) groups excluding carboxylic acids is 1. The van der Waals surface area contributed by atoms with Gasteiger partial charge in [0.25, 0.3) is 0 Å². The Bertz CT molecular complexity index is 1010. The molecule has 0 aromatic heterocycles. The Morgan fingerprint density at radius 1 is 0.719 bits per heavy atom. The molecule has 0 atom stereocenters. The van der Waals surface area contributed by atoms with Gasteiger partial charge in [0, 0.05) is 30.3 Å². The van der Waals surface area contributed by atoms with Gasteiger partial charge in [0.2, 0.25) is 0 Å². The van der Waals surface area contributed by atoms with Crippen LogP contribution in [0.4, 0.5) is 26.3 Å². The Labute approximate surface area is 180 Å². The molecule has 2 aliphatic rings. The number of hydrogen-bond donors (Lipinski definition) is 0. The minimum atomic E-state index is -4.59. The second-order valence-electron chi connectivity index (χ2n) is 7.97. The van der Waals surface area contributed by atoms with Crippen molar-refractivity contribution in [3.05, 3.63) is 81.9 Å². The molecule has 1 saturated carbocycles. The first-order valence-corrected chi connectivity index (χ1v) is 10.1. The number of hydrogen-bond acceptors (Lipinski definition) is 2. The van der Waals surface area contributed by atoms with Crippen LogP contribution in [-0.4, -0.2) is 29.8 Å². The number of halogens is 6. The lowest BCUT2D eigenvalue weighted by atomic mass is 9.92. The maximum atomic E-state index is 13.4. The standard InChI is InChI=1S/C24H19F6NO/c25-23(26,27)20-7-3-1-5-15(20)11-17-13-31(19-9-10-19)14-18(22(17)32)12-16-6-2-4-8-21(16)24(28,29)30/h1-8,11-12,19H,9-10,13-14H2/b17-11+,18-12+. The molecule has 4 rings (SSSR count). The monoisotopic (exact) mass is 451 g/mol. The van der Waals surface area contributed by atoms with E-state index in [0.717, 1.165) is 25.0 Å². The van der Waals surface area contributed by atoms with Gasteiger partial charge in [-0.1, -0.05) is 36.4 Å². The molecule has 1 aliphatic carbocycles. The molecular formula is C24H19F6NO. The zero-order valence-electron chi connectivity index (χ0n) is 16.8. The molecule has 8 heteroatoms. The molecule has 0 amide bonds. The number of nitrogens with zero attached hydrogens (tertiary/aromatic N) is 1. The summed E-state index contributed by atoms with van der Waals surface area (Å²) in [5.74, 6) is -0.532. The fraction of sp³-hybridized carbons (Fsp3) is 0.292. The van der Waals surface area contributed by atoms with E-state index in [-0.39, 0.29) is 41.4 Å². The Balaban J connectivity index is 1.77. The first-order chi connectivity index (χ1) is 15.0. The highest BCUT2D eigenvalue weighted by molar-refractivity contribution is 6.14. The summed E-state index contributed by atoms with van der Waals surface area (Å²) < 4.78 is 80.4. The van der Waals surface area contributed by atoms with Crippen LogP contribution >= 0.6 is 0 Å². The van der Waals surface area contributed by atoms with Gasteiger partial charge in [-0.2, -0.15) is 26.3 Å². The second-order valence-corrected chi connectivity index (χ2v) is 7.97. The lowest BCUT2D eigenvalue weighted by molar-refractivity contribution is -0.138. The molecule has 0 unspecified atom stereocenters. The van der Waals surface area contributed by atoms with Crippen molar-refractivity contribution < 1.29 is 31.1 Å². The van der Waals surface area contributed by atoms with Crippen molar-refractivity contribution in [2.75, 3.05) is 13.1 Å². The van der Waals surface area contributed by atoms with Crippen LogP contribution < -0.4 is 0 Å². The van der Waals surface area contributed by atoms with Gasteiger partial charge in [0.15, 0.2) is 5.78 Å². The molecule has 1 aliphatic heterocycles. The molecule has 0 bridgehead atoms. The number of likely N-dealkylation sites (tertiary alicyclic amines) is 1. The second kappa shape index (κ2) is 8.24. The average molecular weight is 451 g/mol. The number of Topliss-reactive ketones (excluding diaryl/α,β-unsaturated/α-hetero) is 1. The van der Waals surface area contributed by atoms with Gasteiger partial charge >= 0.3 is 12.4 Å². The molecule has 0 spiro atoms. The number of piperidine rings is 1. The quantitative estimate of drug-likeness (QED) is 0.407. The molecule has 168 valence electrons. The third-order valence-electron chi connectivity index (χ3n) is 5.59. The smallest absolute Gasteiger partial charge is 0.292 e. The molecule has 1 heterocycles. The number of carbonyl (C=O) groups is 1. The lowest BCUT2D eigenvalue weighted by Gasteiger charge is -2.30. The SMILES string of the molecule is O=C1/C(=C/c2ccccc2C(F)(F)F)CN(C2CC2)C/C1=C\c1ccccc1C(F)(F)F. The van der Waals surface area contributed by atoms with E-state index in [1.807, 2.05) is 4.90 Å². The zero-order chi connectivity index (χ0) is 23.1. The van der Waals surface area contributed by atoms with Gasteiger partial charge in [-0.25, -0.2) is 0 Å². The van der Waals surface area contributed by atoms with Crippen LogP contribution in [-0.2, 0) is 17.1 Å². The maximum absolute atomic E-state index is 13.4. The molecule has 2 fully saturated rings. The summed E-state index contributed by atoms with van der Waals surface area (Å²) in [4.78, 5) is 15.1. The summed E-state index contributed by atoms with van der Waals surface area (Å²) in [7, 11) is 0. The van der Waals surface area contributed by atoms with Crippen LogP contribution in [0.5, 0.6) is 0 Å². The molecule has 2 aromatic carbocycles. The van der Waals surface area contributed by atoms with Gasteiger partial charge in [0.05, 0.1) is 11.1 Å². The van der Waals surface area contributed by atoms with Crippen LogP contribution in [0.15, 0.2) is 59.7 Å². The molecule has 32 heavy (non-hydrogen) atoms. The summed E-state index contributed by atoms with van der Waals surface area (Å²) in [6.07, 6.45) is -5.00. The van der Waals surface area contributed by atoms with Crippen LogP contribution in [0.25, 0.3) is 12.2 Å². The van der Waals surface area contributed by atoms with E-state index in [2.05, 4.69) is 0 Å². The van der Waals surface area contributed by atoms with E-state index >= 15 is 0 Å². The van der Waals surface area contributed by atoms with Crippen molar-refractivity contribution in [3.63, 3.8) is 0 Å². The van der Waals surface area contributed by atoms with Crippen molar-refractivity contribution in [2.24, 2.45) is 0 Å². The molecular weight excluding hydrogens is 432 g/mol. The Morgan fingerprint density at radius 2 is 1.12 bits per heavy atom. The van der Waals surface area contributed by atoms with Gasteiger partial charge in [-0.15, -0.1) is 0 Å². The first-order valence-electron chi connectivity index (χ1n) is 10.1. The third kappa shape index (κ3) is 4.80. The minimum Gasteiger partial charge on any atom is -0.292 e. The Hall–Kier alpha value is -2.87. The van der Waals surface area contributed by atoms with Crippen molar-refractivity contribution in [2.45, 2.75) is 31.2 Å². The highest BCUT2D eigenvalue weighted by Gasteiger charge is 2.38. The topological polar surface area (TPSA) is 20.3 Å². The fourth-order valence-electron chi connectivity index (χ4n) is 3.90. The summed E-state index contributed by atoms with van der Waals surface area (Å²) in [5.41, 5.74) is -1.74. The Morgan fingerprint density at radius 3 is 1.50 bits per heavy atom. The molecule has 2 aromatic rings. The molecule has 0 N–H and O–H groups in total. The van der Waals surface area contributed by atoms with Gasteiger partial charge < -0.3 is 0 Å². The van der Waals surface area contributed by atoms with Gasteiger partial charge in [-0.3, -0.25) is 9.69 Å². The number of rotatable bonds is 3. The third-order valence-corrected chi connectivity index (χ3v) is 5.59. The predicted molar refractivity (Wildman–Crippen MR) is 108 cm³/mol. The maximum Gasteiger partial charge on any atom is 0.416 e. The zero-order valence-corrected chi connectivity index (χ0v) is 16.8. The predicted octanol–water partition coefficient (Wildman–Crippen LogP) is 6.24. The molecule has 1 saturated heterocycles. The summed E-state index contributed by atoms with van der Waals surface area (Å²) >= 11 is 0. The van der Waals surface area contributed by atoms with Crippen LogP contribution in [0.1, 0.15) is 35.1 Å². The van der Waals surface area contributed by atoms with Crippen molar-refractivity contribution >= 4 is 17.9 Å². The van der Waals surface area contributed by atoms with Gasteiger partial charge in [-0.05, 0) is 48.3 Å². The van der Waals surface area contributed by atoms with Crippen molar-refractivity contribution in [3.8, 4) is 0 Å². The van der Waals surface area contributed by atoms with E-state index in [4.69, 9.17) is 0 Å². The van der Waals surface area contributed by atoms with Crippen LogP contribution in [0.3, 0.4) is 0 Å². The van der Waals surface area contributed by atoms with Crippen molar-refractivity contribution in [1.82, 2.24) is 4.90 Å². The average Bonchev–Trinajstić information content (AvgIpc) is 3.55. The van der Waals surface area contributed by atoms with E-state index in [1.165, 1.54) is 48.6 Å². The largest absolute Gasteiger partial charge is 0.416 e. The fourth-order valence-corrected chi connectivity index (χ4v) is 3.90. The lowest BCUT2D eigenvalue weighted by Crippen LogP contribution is -2.39.